The summed E-state index contributed by atoms with van der Waals surface area (Å²) in [5.41, 5.74) is 5.12. The van der Waals surface area contributed by atoms with E-state index in [1.54, 1.807) is 0 Å². The zero-order valence-electron chi connectivity index (χ0n) is 10.2. The van der Waals surface area contributed by atoms with Gasteiger partial charge in [0.1, 0.15) is 30.1 Å². The Labute approximate surface area is 117 Å². The smallest absolute Gasteiger partial charge is 0.268 e. The number of aliphatic hydroxyl groups excluding tert-OH is 4. The number of hydrogen-bond acceptors (Lipinski definition) is 9. The number of carbonyl (C=O) groups excluding carboxylic acids is 1. The van der Waals surface area contributed by atoms with Crippen LogP contribution in [0.1, 0.15) is 10.5 Å². The molecule has 1 aliphatic rings. The summed E-state index contributed by atoms with van der Waals surface area (Å²) in [7, 11) is 0. The van der Waals surface area contributed by atoms with Gasteiger partial charge in [0.2, 0.25) is 0 Å². The van der Waals surface area contributed by atoms with Gasteiger partial charge in [-0.15, -0.1) is 11.3 Å². The molecule has 1 aromatic rings. The van der Waals surface area contributed by atoms with E-state index in [1.165, 1.54) is 5.38 Å². The third kappa shape index (κ3) is 2.90. The number of primary amides is 1. The average molecular weight is 305 g/mol. The molecule has 0 bridgehead atoms. The van der Waals surface area contributed by atoms with E-state index in [2.05, 4.69) is 10.3 Å². The Kier molecular flexibility index (Phi) is 4.52. The largest absolute Gasteiger partial charge is 0.394 e. The van der Waals surface area contributed by atoms with Gasteiger partial charge in [0.15, 0.2) is 11.4 Å². The Morgan fingerprint density at radius 2 is 2.10 bits per heavy atom. The standard InChI is InChI=1S/C10H15N3O6S/c11-8(18)3-2-20-10(12-3)13-9-7(17)6(16)5(15)4(1-14)19-9/h2,4-7,9,14-17H,1H2,(H2,11,18)(H,12,13)/t4-,5+,6+,7-,9-/m0/s1. The van der Waals surface area contributed by atoms with Crippen LogP contribution in [0.5, 0.6) is 0 Å². The van der Waals surface area contributed by atoms with Gasteiger partial charge < -0.3 is 36.2 Å². The number of amides is 1. The van der Waals surface area contributed by atoms with Crippen LogP contribution in [0.4, 0.5) is 5.13 Å². The fourth-order valence-corrected chi connectivity index (χ4v) is 2.52. The molecule has 0 spiro atoms. The maximum Gasteiger partial charge on any atom is 0.268 e. The molecule has 1 amide bonds. The topological polar surface area (TPSA) is 158 Å². The van der Waals surface area contributed by atoms with Crippen molar-refractivity contribution in [1.29, 1.82) is 0 Å². The predicted molar refractivity (Wildman–Crippen MR) is 68.0 cm³/mol. The SMILES string of the molecule is NC(=O)c1csc(N[C@H]2O[C@@H](CO)[C@@H](O)[C@@H](O)[C@@H]2O)n1. The highest BCUT2D eigenvalue weighted by Crippen LogP contribution is 2.24. The molecular weight excluding hydrogens is 290 g/mol. The molecule has 2 rings (SSSR count). The minimum absolute atomic E-state index is 0.0575. The maximum atomic E-state index is 10.9. The number of nitrogens with zero attached hydrogens (tertiary/aromatic N) is 1. The molecule has 0 unspecified atom stereocenters. The van der Waals surface area contributed by atoms with E-state index < -0.39 is 43.2 Å². The lowest BCUT2D eigenvalue weighted by molar-refractivity contribution is -0.221. The normalized spacial score (nSPS) is 33.9. The van der Waals surface area contributed by atoms with Crippen molar-refractivity contribution in [2.45, 2.75) is 30.6 Å². The third-order valence-electron chi connectivity index (χ3n) is 2.91. The van der Waals surface area contributed by atoms with Gasteiger partial charge in [-0.25, -0.2) is 4.98 Å². The fourth-order valence-electron chi connectivity index (χ4n) is 1.80. The van der Waals surface area contributed by atoms with Crippen molar-refractivity contribution in [1.82, 2.24) is 4.98 Å². The number of nitrogens with one attached hydrogen (secondary N) is 1. The van der Waals surface area contributed by atoms with Crippen LogP contribution in [-0.2, 0) is 4.74 Å². The summed E-state index contributed by atoms with van der Waals surface area (Å²) in [6.45, 7) is -0.520. The average Bonchev–Trinajstić information content (AvgIpc) is 2.88. The van der Waals surface area contributed by atoms with Gasteiger partial charge in [-0.3, -0.25) is 4.79 Å². The summed E-state index contributed by atoms with van der Waals surface area (Å²) < 4.78 is 5.23. The van der Waals surface area contributed by atoms with Crippen LogP contribution in [0.25, 0.3) is 0 Å². The highest BCUT2D eigenvalue weighted by Gasteiger charge is 2.43. The monoisotopic (exact) mass is 305 g/mol. The first-order chi connectivity index (χ1) is 9.43. The van der Waals surface area contributed by atoms with E-state index in [-0.39, 0.29) is 10.8 Å². The molecule has 5 atom stereocenters. The molecular formula is C10H15N3O6S. The van der Waals surface area contributed by atoms with Crippen LogP contribution in [0.15, 0.2) is 5.38 Å². The Bertz CT molecular complexity index is 481. The molecule has 10 heteroatoms. The van der Waals surface area contributed by atoms with E-state index >= 15 is 0 Å². The van der Waals surface area contributed by atoms with Gasteiger partial charge >= 0.3 is 0 Å². The van der Waals surface area contributed by atoms with Crippen LogP contribution in [0, 0.1) is 0 Å². The number of hydrogen-bond donors (Lipinski definition) is 6. The van der Waals surface area contributed by atoms with E-state index in [1.807, 2.05) is 0 Å². The molecule has 7 N–H and O–H groups in total. The van der Waals surface area contributed by atoms with E-state index in [4.69, 9.17) is 15.6 Å². The van der Waals surface area contributed by atoms with Crippen molar-refractivity contribution in [3.63, 3.8) is 0 Å². The van der Waals surface area contributed by atoms with Gasteiger partial charge in [0.05, 0.1) is 6.61 Å². The zero-order chi connectivity index (χ0) is 14.9. The third-order valence-corrected chi connectivity index (χ3v) is 3.69. The predicted octanol–water partition coefficient (Wildman–Crippen LogP) is -2.55. The van der Waals surface area contributed by atoms with Gasteiger partial charge in [-0.2, -0.15) is 0 Å². The number of ether oxygens (including phenoxy) is 1. The number of nitrogens with two attached hydrogens (primary N) is 1. The lowest BCUT2D eigenvalue weighted by atomic mass is 9.98. The molecule has 1 saturated heterocycles. The summed E-state index contributed by atoms with van der Waals surface area (Å²) in [6, 6.07) is 0. The summed E-state index contributed by atoms with van der Waals surface area (Å²) >= 11 is 1.06. The number of anilines is 1. The van der Waals surface area contributed by atoms with E-state index in [0.29, 0.717) is 0 Å². The molecule has 1 aliphatic heterocycles. The van der Waals surface area contributed by atoms with Gasteiger partial charge in [-0.05, 0) is 0 Å². The van der Waals surface area contributed by atoms with Crippen molar-refractivity contribution in [2.24, 2.45) is 5.73 Å². The minimum atomic E-state index is -1.48. The summed E-state index contributed by atoms with van der Waals surface area (Å²) in [4.78, 5) is 14.8. The molecule has 1 aromatic heterocycles. The molecule has 20 heavy (non-hydrogen) atoms. The molecule has 0 radical (unpaired) electrons. The number of rotatable bonds is 4. The molecule has 112 valence electrons. The molecule has 0 saturated carbocycles. The quantitative estimate of drug-likeness (QED) is 0.355. The Morgan fingerprint density at radius 3 is 2.65 bits per heavy atom. The molecule has 1 fully saturated rings. The van der Waals surface area contributed by atoms with Crippen molar-refractivity contribution in [3.05, 3.63) is 11.1 Å². The van der Waals surface area contributed by atoms with Crippen molar-refractivity contribution in [2.75, 3.05) is 11.9 Å². The van der Waals surface area contributed by atoms with Crippen molar-refractivity contribution < 1.29 is 30.0 Å². The van der Waals surface area contributed by atoms with E-state index in [0.717, 1.165) is 11.3 Å². The fraction of sp³-hybridized carbons (Fsp3) is 0.600. The van der Waals surface area contributed by atoms with Crippen LogP contribution >= 0.6 is 11.3 Å². The minimum Gasteiger partial charge on any atom is -0.394 e. The lowest BCUT2D eigenvalue weighted by Crippen LogP contribution is -2.60. The van der Waals surface area contributed by atoms with Crippen LogP contribution in [0.3, 0.4) is 0 Å². The Balaban J connectivity index is 2.08. The second-order valence-electron chi connectivity index (χ2n) is 4.30. The Morgan fingerprint density at radius 1 is 1.40 bits per heavy atom. The van der Waals surface area contributed by atoms with Crippen molar-refractivity contribution in [3.8, 4) is 0 Å². The zero-order valence-corrected chi connectivity index (χ0v) is 11.0. The number of carbonyl (C=O) groups is 1. The van der Waals surface area contributed by atoms with Crippen LogP contribution in [-0.4, -0.2) is 68.6 Å². The lowest BCUT2D eigenvalue weighted by Gasteiger charge is -2.40. The molecule has 9 nitrogen and oxygen atoms in total. The van der Waals surface area contributed by atoms with Crippen LogP contribution in [0.2, 0.25) is 0 Å². The Hall–Kier alpha value is -1.30. The van der Waals surface area contributed by atoms with Crippen LogP contribution < -0.4 is 11.1 Å². The molecule has 2 heterocycles. The molecule has 0 aromatic carbocycles. The number of aromatic nitrogens is 1. The van der Waals surface area contributed by atoms with Gasteiger partial charge in [0.25, 0.3) is 5.91 Å². The highest BCUT2D eigenvalue weighted by atomic mass is 32.1. The van der Waals surface area contributed by atoms with Crippen molar-refractivity contribution >= 4 is 22.4 Å². The van der Waals surface area contributed by atoms with E-state index in [9.17, 15) is 20.1 Å². The second-order valence-corrected chi connectivity index (χ2v) is 5.15. The first-order valence-corrected chi connectivity index (χ1v) is 6.64. The van der Waals surface area contributed by atoms with Gasteiger partial charge in [-0.1, -0.05) is 0 Å². The second kappa shape index (κ2) is 5.99. The number of aliphatic hydroxyl groups is 4. The number of thiazole rings is 1. The highest BCUT2D eigenvalue weighted by molar-refractivity contribution is 7.13. The summed E-state index contributed by atoms with van der Waals surface area (Å²) in [6.07, 6.45) is -6.42. The maximum absolute atomic E-state index is 10.9. The molecule has 0 aliphatic carbocycles. The summed E-state index contributed by atoms with van der Waals surface area (Å²) in [5, 5.41) is 42.4. The van der Waals surface area contributed by atoms with Gasteiger partial charge in [0, 0.05) is 5.38 Å². The first-order valence-electron chi connectivity index (χ1n) is 5.76. The summed E-state index contributed by atoms with van der Waals surface area (Å²) in [5.74, 6) is -0.692. The first kappa shape index (κ1) is 15.1.